The Balaban J connectivity index is 1.60. The van der Waals surface area contributed by atoms with Crippen molar-refractivity contribution in [1.29, 1.82) is 0 Å². The molecule has 0 bridgehead atoms. The smallest absolute Gasteiger partial charge is 0.160 e. The molecule has 2 aromatic carbocycles. The standard InChI is InChI=1S/C38H46N2O4/c1-3-4-8-25-17-27(18-26-15-16-40-38(39)21-26)19-29-12-14-32(28-9-6-5-7-10-28)33-24-36(43)37(44-2)22-30(33)11-13-31(41)23-35(42)34(29)20-25/h5-7,9-10,15,21-22,24-25,27,29,32,34,40,43H,3-4,8,11,13,16-20,23,39H2,1-2H3. The molecular formula is C38H46N2O4. The maximum absolute atomic E-state index is 13.9. The van der Waals surface area contributed by atoms with E-state index in [-0.39, 0.29) is 47.9 Å². The first-order chi connectivity index (χ1) is 21.3. The predicted molar refractivity (Wildman–Crippen MR) is 174 cm³/mol. The summed E-state index contributed by atoms with van der Waals surface area (Å²) in [6.07, 6.45) is 11.8. The van der Waals surface area contributed by atoms with E-state index in [1.165, 1.54) is 12.7 Å². The first kappa shape index (κ1) is 31.4. The first-order valence-electron chi connectivity index (χ1n) is 16.2. The van der Waals surface area contributed by atoms with Crippen LogP contribution in [-0.2, 0) is 16.0 Å². The van der Waals surface area contributed by atoms with Crippen molar-refractivity contribution in [1.82, 2.24) is 5.32 Å². The van der Waals surface area contributed by atoms with Crippen molar-refractivity contribution in [3.05, 3.63) is 82.7 Å². The van der Waals surface area contributed by atoms with Crippen LogP contribution in [0.25, 0.3) is 0 Å². The molecule has 1 saturated carbocycles. The molecule has 0 radical (unpaired) electrons. The second kappa shape index (κ2) is 14.7. The van der Waals surface area contributed by atoms with Crippen LogP contribution in [0.1, 0.15) is 87.3 Å². The molecule has 6 heteroatoms. The molecule has 1 aliphatic heterocycles. The van der Waals surface area contributed by atoms with E-state index in [1.807, 2.05) is 30.3 Å². The molecule has 2 aromatic rings. The van der Waals surface area contributed by atoms with Gasteiger partial charge in [-0.2, -0.15) is 0 Å². The maximum atomic E-state index is 13.9. The van der Waals surface area contributed by atoms with Gasteiger partial charge in [-0.3, -0.25) is 9.59 Å². The van der Waals surface area contributed by atoms with Gasteiger partial charge in [0.1, 0.15) is 11.6 Å². The average molecular weight is 595 g/mol. The summed E-state index contributed by atoms with van der Waals surface area (Å²) in [5.41, 5.74) is 10.2. The number of phenolic OH excluding ortho intramolecular Hbond substituents is 1. The Labute approximate surface area is 262 Å². The molecule has 232 valence electrons. The number of nitrogens with two attached hydrogens (primary N) is 1. The Bertz CT molecular complexity index is 1460. The van der Waals surface area contributed by atoms with Crippen LogP contribution in [0.15, 0.2) is 66.0 Å². The number of benzene rings is 2. The molecule has 2 aliphatic carbocycles. The van der Waals surface area contributed by atoms with Crippen LogP contribution in [0.5, 0.6) is 11.5 Å². The number of methoxy groups -OCH3 is 1. The van der Waals surface area contributed by atoms with Crippen molar-refractivity contribution in [2.75, 3.05) is 13.7 Å². The molecule has 1 heterocycles. The number of rotatable bonds is 7. The number of dihydropyridines is 1. The molecule has 6 nitrogen and oxygen atoms in total. The number of carbonyl (C=O) groups is 2. The number of hydrogen-bond donors (Lipinski definition) is 3. The van der Waals surface area contributed by atoms with E-state index in [0.717, 1.165) is 68.2 Å². The van der Waals surface area contributed by atoms with Crippen LogP contribution in [0.3, 0.4) is 0 Å². The quantitative estimate of drug-likeness (QED) is 0.248. The maximum Gasteiger partial charge on any atom is 0.160 e. The highest BCUT2D eigenvalue weighted by molar-refractivity contribution is 6.00. The third-order valence-corrected chi connectivity index (χ3v) is 9.58. The van der Waals surface area contributed by atoms with Crippen molar-refractivity contribution >= 4 is 11.6 Å². The molecule has 5 atom stereocenters. The number of hydrogen-bond acceptors (Lipinski definition) is 6. The first-order valence-corrected chi connectivity index (χ1v) is 16.2. The number of allylic oxidation sites excluding steroid dienone is 2. The summed E-state index contributed by atoms with van der Waals surface area (Å²) in [5, 5.41) is 14.0. The molecular weight excluding hydrogens is 548 g/mol. The van der Waals surface area contributed by atoms with Crippen molar-refractivity contribution in [2.24, 2.45) is 29.4 Å². The van der Waals surface area contributed by atoms with Crippen molar-refractivity contribution < 1.29 is 19.4 Å². The Morgan fingerprint density at radius 2 is 1.86 bits per heavy atom. The van der Waals surface area contributed by atoms with Gasteiger partial charge >= 0.3 is 0 Å². The van der Waals surface area contributed by atoms with E-state index in [9.17, 15) is 14.7 Å². The Morgan fingerprint density at radius 1 is 1.05 bits per heavy atom. The number of carbonyl (C=O) groups excluding carboxylic acids is 2. The summed E-state index contributed by atoms with van der Waals surface area (Å²) in [6, 6.07) is 13.7. The molecule has 0 spiro atoms. The number of Topliss-reactive ketones (excluding diaryl/α,β-unsaturated/α-hetero) is 2. The molecule has 44 heavy (non-hydrogen) atoms. The fourth-order valence-corrected chi connectivity index (χ4v) is 7.35. The topological polar surface area (TPSA) is 102 Å². The summed E-state index contributed by atoms with van der Waals surface area (Å²) < 4.78 is 5.43. The normalized spacial score (nSPS) is 25.7. The Kier molecular flexibility index (Phi) is 10.5. The van der Waals surface area contributed by atoms with E-state index in [0.29, 0.717) is 29.8 Å². The highest BCUT2D eigenvalue weighted by Crippen LogP contribution is 2.42. The van der Waals surface area contributed by atoms with Crippen LogP contribution >= 0.6 is 0 Å². The van der Waals surface area contributed by atoms with Crippen LogP contribution in [-0.4, -0.2) is 30.3 Å². The third kappa shape index (κ3) is 7.75. The highest BCUT2D eigenvalue weighted by Gasteiger charge is 2.37. The number of ether oxygens (including phenoxy) is 1. The van der Waals surface area contributed by atoms with Crippen molar-refractivity contribution in [3.63, 3.8) is 0 Å². The summed E-state index contributed by atoms with van der Waals surface area (Å²) in [7, 11) is 1.52. The number of nitrogens with one attached hydrogen (secondary N) is 1. The van der Waals surface area contributed by atoms with E-state index < -0.39 is 0 Å². The largest absolute Gasteiger partial charge is 0.504 e. The number of ketones is 2. The van der Waals surface area contributed by atoms with Crippen molar-refractivity contribution in [2.45, 2.75) is 77.0 Å². The van der Waals surface area contributed by atoms with Gasteiger partial charge in [0, 0.05) is 24.8 Å². The van der Waals surface area contributed by atoms with Crippen LogP contribution < -0.4 is 15.8 Å². The summed E-state index contributed by atoms with van der Waals surface area (Å²) >= 11 is 0. The second-order valence-electron chi connectivity index (χ2n) is 12.8. The van der Waals surface area contributed by atoms with E-state index in [2.05, 4.69) is 42.3 Å². The summed E-state index contributed by atoms with van der Waals surface area (Å²) in [4.78, 5) is 27.2. The Morgan fingerprint density at radius 3 is 2.61 bits per heavy atom. The van der Waals surface area contributed by atoms with E-state index >= 15 is 0 Å². The zero-order valence-electron chi connectivity index (χ0n) is 26.1. The summed E-state index contributed by atoms with van der Waals surface area (Å²) in [6.45, 7) is 2.94. The zero-order chi connectivity index (χ0) is 31.1. The minimum Gasteiger partial charge on any atom is -0.504 e. The van der Waals surface area contributed by atoms with Gasteiger partial charge in [-0.25, -0.2) is 0 Å². The van der Waals surface area contributed by atoms with Gasteiger partial charge in [-0.05, 0) is 84.4 Å². The molecule has 1 fully saturated rings. The number of aromatic hydroxyl groups is 1. The number of phenols is 1. The fraction of sp³-hybridized carbons (Fsp3) is 0.474. The van der Waals surface area contributed by atoms with Gasteiger partial charge < -0.3 is 20.9 Å². The second-order valence-corrected chi connectivity index (χ2v) is 12.8. The van der Waals surface area contributed by atoms with Gasteiger partial charge in [0.15, 0.2) is 11.5 Å². The van der Waals surface area contributed by atoms with Crippen LogP contribution in [0.2, 0.25) is 0 Å². The lowest BCUT2D eigenvalue weighted by molar-refractivity contribution is -0.130. The number of unbranched alkanes of at least 4 members (excludes halogenated alkanes) is 1. The SMILES string of the molecule is CCCCC1CC(CC2=CCNC(N)=C2)CC2C#CC(c3ccccc3)c3cc(O)c(OC)cc3CCC(=O)CC(=O)C2C1. The molecule has 0 aromatic heterocycles. The molecule has 3 aliphatic rings. The van der Waals surface area contributed by atoms with Crippen molar-refractivity contribution in [3.8, 4) is 23.3 Å². The highest BCUT2D eigenvalue weighted by atomic mass is 16.5. The lowest BCUT2D eigenvalue weighted by Gasteiger charge is -2.24. The minimum atomic E-state index is -0.319. The third-order valence-electron chi connectivity index (χ3n) is 9.58. The minimum absolute atomic E-state index is 0.0390. The lowest BCUT2D eigenvalue weighted by Crippen LogP contribution is -2.27. The molecule has 5 unspecified atom stereocenters. The Hall–Kier alpha value is -3.98. The van der Waals surface area contributed by atoms with Gasteiger partial charge in [0.2, 0.25) is 0 Å². The lowest BCUT2D eigenvalue weighted by atomic mass is 9.78. The van der Waals surface area contributed by atoms with Gasteiger partial charge in [0.25, 0.3) is 0 Å². The molecule has 0 saturated heterocycles. The fourth-order valence-electron chi connectivity index (χ4n) is 7.35. The molecule has 0 amide bonds. The van der Waals surface area contributed by atoms with Gasteiger partial charge in [-0.1, -0.05) is 74.4 Å². The number of fused-ring (bicyclic) bond motifs is 2. The van der Waals surface area contributed by atoms with Crippen LogP contribution in [0, 0.1) is 35.5 Å². The van der Waals surface area contributed by atoms with Crippen LogP contribution in [0.4, 0.5) is 0 Å². The van der Waals surface area contributed by atoms with E-state index in [1.54, 1.807) is 6.07 Å². The molecule has 5 rings (SSSR count). The van der Waals surface area contributed by atoms with E-state index in [4.69, 9.17) is 10.5 Å². The predicted octanol–water partition coefficient (Wildman–Crippen LogP) is 6.57. The van der Waals surface area contributed by atoms with Gasteiger partial charge in [0.05, 0.1) is 25.3 Å². The summed E-state index contributed by atoms with van der Waals surface area (Å²) in [5.74, 6) is 8.44. The number of aryl methyl sites for hydroxylation is 1. The zero-order valence-corrected chi connectivity index (χ0v) is 26.1. The molecule has 4 N–H and O–H groups in total. The monoisotopic (exact) mass is 594 g/mol. The van der Waals surface area contributed by atoms with Gasteiger partial charge in [-0.15, -0.1) is 0 Å². The average Bonchev–Trinajstić information content (AvgIpc) is 3.18.